The number of alkyl halides is 10. The Hall–Kier alpha value is -1.57. The van der Waals surface area contributed by atoms with Crippen LogP contribution in [0.25, 0.3) is 0 Å². The molecule has 24 heavy (non-hydrogen) atoms. The van der Waals surface area contributed by atoms with Gasteiger partial charge >= 0.3 is 36.0 Å². The monoisotopic (exact) mass is 380 g/mol. The number of ether oxygens (including phenoxy) is 2. The molecule has 14 heteroatoms. The van der Waals surface area contributed by atoms with E-state index >= 15 is 0 Å². The Morgan fingerprint density at radius 1 is 1.12 bits per heavy atom. The number of carbonyl (C=O) groups is 1. The number of carbonyl (C=O) groups excluding carboxylic acids is 1. The fourth-order valence-corrected chi connectivity index (χ4v) is 1.74. The molecule has 1 aliphatic heterocycles. The van der Waals surface area contributed by atoms with Gasteiger partial charge in [-0.3, -0.25) is 0 Å². The first kappa shape index (κ1) is 20.5. The molecule has 1 heterocycles. The quantitative estimate of drug-likeness (QED) is 0.455. The maximum Gasteiger partial charge on any atom is 0.449 e. The Morgan fingerprint density at radius 3 is 1.92 bits per heavy atom. The third-order valence-electron chi connectivity index (χ3n) is 2.85. The average Bonchev–Trinajstić information content (AvgIpc) is 2.36. The van der Waals surface area contributed by atoms with E-state index < -0.39 is 48.2 Å². The summed E-state index contributed by atoms with van der Waals surface area (Å²) in [5, 5.41) is 8.91. The van der Waals surface area contributed by atoms with E-state index in [9.17, 15) is 48.7 Å². The second-order valence-corrected chi connectivity index (χ2v) is 4.50. The lowest BCUT2D eigenvalue weighted by molar-refractivity contribution is -0.513. The summed E-state index contributed by atoms with van der Waals surface area (Å²) >= 11 is 0. The van der Waals surface area contributed by atoms with Crippen LogP contribution in [0.4, 0.5) is 43.9 Å². The summed E-state index contributed by atoms with van der Waals surface area (Å²) < 4.78 is 136. The molecule has 0 saturated carbocycles. The molecule has 1 fully saturated rings. The minimum atomic E-state index is -6.64. The number of esters is 1. The van der Waals surface area contributed by atoms with E-state index in [0.717, 1.165) is 0 Å². The number of rotatable bonds is 2. The summed E-state index contributed by atoms with van der Waals surface area (Å²) in [4.78, 5) is 10.8. The predicted molar refractivity (Wildman–Crippen MR) is 51.9 cm³/mol. The fraction of sp³-hybridized carbons (Fsp3) is 0.700. The van der Waals surface area contributed by atoms with Crippen LogP contribution in [0.1, 0.15) is 0 Å². The predicted octanol–water partition coefficient (Wildman–Crippen LogP) is 2.57. The van der Waals surface area contributed by atoms with Gasteiger partial charge in [-0.1, -0.05) is 6.58 Å². The van der Waals surface area contributed by atoms with E-state index in [4.69, 9.17) is 5.11 Å². The van der Waals surface area contributed by atoms with Gasteiger partial charge in [-0.25, -0.2) is 4.79 Å². The van der Waals surface area contributed by atoms with Crippen LogP contribution in [0.15, 0.2) is 12.7 Å². The van der Waals surface area contributed by atoms with E-state index in [-0.39, 0.29) is 6.08 Å². The molecule has 4 nitrogen and oxygen atoms in total. The first-order chi connectivity index (χ1) is 10.4. The van der Waals surface area contributed by atoms with Crippen molar-refractivity contribution in [3.63, 3.8) is 0 Å². The van der Waals surface area contributed by atoms with Gasteiger partial charge in [-0.2, -0.15) is 43.9 Å². The molecule has 0 aromatic heterocycles. The summed E-state index contributed by atoms with van der Waals surface area (Å²) in [5.74, 6) is -20.2. The molecule has 140 valence electrons. The summed E-state index contributed by atoms with van der Waals surface area (Å²) in [6.07, 6.45) is -22.5. The van der Waals surface area contributed by atoms with Crippen molar-refractivity contribution in [2.45, 2.75) is 42.2 Å². The van der Waals surface area contributed by atoms with Crippen LogP contribution in [-0.4, -0.2) is 53.3 Å². The summed E-state index contributed by atoms with van der Waals surface area (Å²) in [7, 11) is 0. The maximum atomic E-state index is 13.7. The molecule has 1 rings (SSSR count). The van der Waals surface area contributed by atoms with E-state index in [1.54, 1.807) is 0 Å². The number of aliphatic hydroxyl groups is 1. The van der Waals surface area contributed by atoms with Gasteiger partial charge in [0, 0.05) is 6.08 Å². The largest absolute Gasteiger partial charge is 0.449 e. The highest BCUT2D eigenvalue weighted by atomic mass is 19.4. The second-order valence-electron chi connectivity index (χ2n) is 4.50. The van der Waals surface area contributed by atoms with E-state index in [1.807, 2.05) is 0 Å². The van der Waals surface area contributed by atoms with Gasteiger partial charge < -0.3 is 14.6 Å². The molecule has 1 saturated heterocycles. The Labute approximate surface area is 125 Å². The first-order valence-electron chi connectivity index (χ1n) is 5.55. The summed E-state index contributed by atoms with van der Waals surface area (Å²) in [6.45, 7) is 2.57. The van der Waals surface area contributed by atoms with Crippen molar-refractivity contribution in [1.82, 2.24) is 0 Å². The minimum absolute atomic E-state index is 0.0587. The lowest BCUT2D eigenvalue weighted by Gasteiger charge is -2.49. The van der Waals surface area contributed by atoms with E-state index in [1.165, 1.54) is 0 Å². The Balaban J connectivity index is 3.61. The topological polar surface area (TPSA) is 55.8 Å². The zero-order valence-electron chi connectivity index (χ0n) is 10.9. The molecule has 0 aromatic rings. The zero-order valence-corrected chi connectivity index (χ0v) is 10.9. The maximum absolute atomic E-state index is 13.7. The van der Waals surface area contributed by atoms with Crippen molar-refractivity contribution in [3.8, 4) is 0 Å². The second kappa shape index (κ2) is 5.47. The van der Waals surface area contributed by atoms with Crippen LogP contribution in [0.5, 0.6) is 0 Å². The molecule has 3 unspecified atom stereocenters. The van der Waals surface area contributed by atoms with Gasteiger partial charge in [0.1, 0.15) is 0 Å². The molecule has 0 aliphatic carbocycles. The third-order valence-corrected chi connectivity index (χ3v) is 2.85. The van der Waals surface area contributed by atoms with Crippen molar-refractivity contribution in [1.29, 1.82) is 0 Å². The summed E-state index contributed by atoms with van der Waals surface area (Å²) in [5.41, 5.74) is 0. The molecule has 0 aromatic carbocycles. The van der Waals surface area contributed by atoms with Crippen LogP contribution in [-0.2, 0) is 14.3 Å². The highest BCUT2D eigenvalue weighted by molar-refractivity contribution is 5.81. The van der Waals surface area contributed by atoms with Gasteiger partial charge in [0.25, 0.3) is 0 Å². The average molecular weight is 380 g/mol. The van der Waals surface area contributed by atoms with Gasteiger partial charge in [0.2, 0.25) is 12.2 Å². The van der Waals surface area contributed by atoms with E-state index in [2.05, 4.69) is 16.1 Å². The number of hydrogen-bond donors (Lipinski definition) is 1. The lowest BCUT2D eigenvalue weighted by Crippen LogP contribution is -2.78. The first-order valence-corrected chi connectivity index (χ1v) is 5.55. The van der Waals surface area contributed by atoms with Gasteiger partial charge in [-0.05, 0) is 0 Å². The van der Waals surface area contributed by atoms with Crippen molar-refractivity contribution in [3.05, 3.63) is 12.7 Å². The SMILES string of the molecule is C=CC(=O)OC1C(F)(F)C(C(F)(F)F)OC(O)(C(F)(F)F)C1(F)F. The molecule has 0 bridgehead atoms. The van der Waals surface area contributed by atoms with Crippen LogP contribution in [0.2, 0.25) is 0 Å². The molecular weight excluding hydrogens is 374 g/mol. The van der Waals surface area contributed by atoms with Crippen molar-refractivity contribution >= 4 is 5.97 Å². The fourth-order valence-electron chi connectivity index (χ4n) is 1.74. The standard InChI is InChI=1S/C10H6F10O4/c1-2-3(21)23-4-6(11,12)5(8(15,16)17)24-9(22,7(4,13)14)10(18,19)20/h2,4-5,22H,1H2. The van der Waals surface area contributed by atoms with Gasteiger partial charge in [0.15, 0.2) is 0 Å². The molecule has 0 spiro atoms. The van der Waals surface area contributed by atoms with Gasteiger partial charge in [-0.15, -0.1) is 0 Å². The van der Waals surface area contributed by atoms with Crippen molar-refractivity contribution < 1.29 is 63.3 Å². The molecule has 1 N–H and O–H groups in total. The Morgan fingerprint density at radius 2 is 1.58 bits per heavy atom. The normalized spacial score (nSPS) is 33.0. The Bertz CT molecular complexity index is 525. The number of hydrogen-bond acceptors (Lipinski definition) is 4. The smallest absolute Gasteiger partial charge is 0.446 e. The van der Waals surface area contributed by atoms with Crippen LogP contribution in [0.3, 0.4) is 0 Å². The third kappa shape index (κ3) is 2.92. The lowest BCUT2D eigenvalue weighted by atomic mass is 9.89. The molecule has 0 amide bonds. The molecular formula is C10H6F10O4. The molecule has 1 aliphatic rings. The highest BCUT2D eigenvalue weighted by Gasteiger charge is 2.86. The van der Waals surface area contributed by atoms with Crippen LogP contribution < -0.4 is 0 Å². The van der Waals surface area contributed by atoms with E-state index in [0.29, 0.717) is 0 Å². The molecule has 0 radical (unpaired) electrons. The Kier molecular flexibility index (Phi) is 4.67. The van der Waals surface area contributed by atoms with Crippen LogP contribution in [0, 0.1) is 0 Å². The number of halogens is 10. The van der Waals surface area contributed by atoms with Gasteiger partial charge in [0.05, 0.1) is 0 Å². The van der Waals surface area contributed by atoms with Crippen LogP contribution >= 0.6 is 0 Å². The minimum Gasteiger partial charge on any atom is -0.446 e. The summed E-state index contributed by atoms with van der Waals surface area (Å²) in [6, 6.07) is 0. The molecule has 3 atom stereocenters. The van der Waals surface area contributed by atoms with Crippen molar-refractivity contribution in [2.75, 3.05) is 0 Å². The highest BCUT2D eigenvalue weighted by Crippen LogP contribution is 2.57. The zero-order chi connectivity index (χ0) is 19.4. The van der Waals surface area contributed by atoms with Crippen molar-refractivity contribution in [2.24, 2.45) is 0 Å².